The van der Waals surface area contributed by atoms with E-state index in [4.69, 9.17) is 13.9 Å². The highest BCUT2D eigenvalue weighted by Gasteiger charge is 2.12. The van der Waals surface area contributed by atoms with Crippen LogP contribution in [0.1, 0.15) is 46.7 Å². The van der Waals surface area contributed by atoms with Crippen LogP contribution in [-0.2, 0) is 6.54 Å². The number of benzene rings is 2. The Hall–Kier alpha value is -3.74. The maximum absolute atomic E-state index is 12.6. The zero-order chi connectivity index (χ0) is 22.9. The molecule has 7 heteroatoms. The lowest BCUT2D eigenvalue weighted by atomic mass is 10.1. The number of carbonyl (C=O) groups excluding carboxylic acids is 2. The topological polar surface area (TPSA) is 89.8 Å². The Bertz CT molecular complexity index is 1040. The second-order valence-electron chi connectivity index (χ2n) is 7.71. The van der Waals surface area contributed by atoms with E-state index in [0.717, 1.165) is 12.0 Å². The third-order valence-electron chi connectivity index (χ3n) is 4.76. The zero-order valence-corrected chi connectivity index (χ0v) is 18.5. The summed E-state index contributed by atoms with van der Waals surface area (Å²) in [5, 5.41) is 5.60. The van der Waals surface area contributed by atoms with E-state index in [9.17, 15) is 9.59 Å². The number of nitrogens with one attached hydrogen (secondary N) is 2. The fraction of sp³-hybridized carbons (Fsp3) is 0.280. The molecule has 0 saturated heterocycles. The van der Waals surface area contributed by atoms with Crippen molar-refractivity contribution in [3.8, 4) is 11.5 Å². The molecule has 0 aliphatic carbocycles. The molecular formula is C25H28N2O5. The van der Waals surface area contributed by atoms with Crippen LogP contribution in [0.2, 0.25) is 0 Å². The Morgan fingerprint density at radius 2 is 1.84 bits per heavy atom. The van der Waals surface area contributed by atoms with Crippen LogP contribution in [0, 0.1) is 5.92 Å². The Labute approximate surface area is 187 Å². The number of hydrogen-bond acceptors (Lipinski definition) is 5. The minimum Gasteiger partial charge on any atom is -0.493 e. The van der Waals surface area contributed by atoms with Crippen molar-refractivity contribution < 1.29 is 23.5 Å². The molecule has 32 heavy (non-hydrogen) atoms. The van der Waals surface area contributed by atoms with E-state index in [2.05, 4.69) is 24.5 Å². The molecule has 0 radical (unpaired) electrons. The predicted octanol–water partition coefficient (Wildman–Crippen LogP) is 4.90. The first-order valence-electron chi connectivity index (χ1n) is 10.5. The summed E-state index contributed by atoms with van der Waals surface area (Å²) in [6, 6.07) is 15.5. The van der Waals surface area contributed by atoms with Crippen LogP contribution in [0.3, 0.4) is 0 Å². The van der Waals surface area contributed by atoms with Crippen molar-refractivity contribution in [2.75, 3.05) is 19.0 Å². The van der Waals surface area contributed by atoms with Gasteiger partial charge in [0.25, 0.3) is 11.8 Å². The van der Waals surface area contributed by atoms with E-state index in [1.165, 1.54) is 6.26 Å². The summed E-state index contributed by atoms with van der Waals surface area (Å²) < 4.78 is 16.3. The predicted molar refractivity (Wildman–Crippen MR) is 122 cm³/mol. The smallest absolute Gasteiger partial charge is 0.291 e. The third-order valence-corrected chi connectivity index (χ3v) is 4.76. The van der Waals surface area contributed by atoms with Gasteiger partial charge in [0, 0.05) is 17.8 Å². The van der Waals surface area contributed by atoms with E-state index in [-0.39, 0.29) is 17.6 Å². The second kappa shape index (κ2) is 11.0. The third kappa shape index (κ3) is 6.38. The molecule has 0 spiro atoms. The Morgan fingerprint density at radius 3 is 2.56 bits per heavy atom. The maximum Gasteiger partial charge on any atom is 0.291 e. The first kappa shape index (κ1) is 22.9. The fourth-order valence-electron chi connectivity index (χ4n) is 2.97. The highest BCUT2D eigenvalue weighted by Crippen LogP contribution is 2.28. The largest absolute Gasteiger partial charge is 0.493 e. The molecule has 2 N–H and O–H groups in total. The minimum atomic E-state index is -0.379. The number of methoxy groups -OCH3 is 1. The lowest BCUT2D eigenvalue weighted by Crippen LogP contribution is -2.23. The molecule has 1 heterocycles. The number of amides is 2. The van der Waals surface area contributed by atoms with Crippen LogP contribution in [0.25, 0.3) is 0 Å². The van der Waals surface area contributed by atoms with E-state index < -0.39 is 0 Å². The van der Waals surface area contributed by atoms with Gasteiger partial charge in [0.1, 0.15) is 0 Å². The number of anilines is 1. The van der Waals surface area contributed by atoms with Crippen molar-refractivity contribution >= 4 is 17.5 Å². The fourth-order valence-corrected chi connectivity index (χ4v) is 2.97. The molecule has 0 unspecified atom stereocenters. The molecule has 0 saturated carbocycles. The molecule has 3 rings (SSSR count). The standard InChI is InChI=1S/C25H28N2O5/c1-17(2)11-13-32-21-10-9-18(14-23(21)30-3)16-26-24(28)19-6-4-7-20(15-19)27-25(29)22-8-5-12-31-22/h4-10,12,14-15,17H,11,13,16H2,1-3H3,(H,26,28)(H,27,29). The Balaban J connectivity index is 1.58. The van der Waals surface area contributed by atoms with Gasteiger partial charge in [-0.3, -0.25) is 9.59 Å². The van der Waals surface area contributed by atoms with Crippen LogP contribution in [-0.4, -0.2) is 25.5 Å². The average Bonchev–Trinajstić information content (AvgIpc) is 3.33. The van der Waals surface area contributed by atoms with Gasteiger partial charge in [-0.25, -0.2) is 0 Å². The summed E-state index contributed by atoms with van der Waals surface area (Å²) in [4.78, 5) is 24.7. The van der Waals surface area contributed by atoms with Crippen LogP contribution in [0.5, 0.6) is 11.5 Å². The van der Waals surface area contributed by atoms with Crippen molar-refractivity contribution in [2.24, 2.45) is 5.92 Å². The highest BCUT2D eigenvalue weighted by molar-refractivity contribution is 6.03. The van der Waals surface area contributed by atoms with Gasteiger partial charge in [0.2, 0.25) is 0 Å². The molecule has 7 nitrogen and oxygen atoms in total. The number of hydrogen-bond donors (Lipinski definition) is 2. The molecule has 0 aliphatic rings. The summed E-state index contributed by atoms with van der Waals surface area (Å²) in [5.74, 6) is 1.44. The maximum atomic E-state index is 12.6. The van der Waals surface area contributed by atoms with Gasteiger partial charge in [-0.1, -0.05) is 26.0 Å². The summed E-state index contributed by atoms with van der Waals surface area (Å²) >= 11 is 0. The van der Waals surface area contributed by atoms with E-state index in [1.807, 2.05) is 18.2 Å². The summed E-state index contributed by atoms with van der Waals surface area (Å²) in [6.45, 7) is 5.24. The van der Waals surface area contributed by atoms with E-state index in [1.54, 1.807) is 43.5 Å². The van der Waals surface area contributed by atoms with Gasteiger partial charge in [0.05, 0.1) is 20.0 Å². The van der Waals surface area contributed by atoms with Gasteiger partial charge in [-0.2, -0.15) is 0 Å². The van der Waals surface area contributed by atoms with E-state index >= 15 is 0 Å². The van der Waals surface area contributed by atoms with Crippen molar-refractivity contribution in [1.82, 2.24) is 5.32 Å². The van der Waals surface area contributed by atoms with Crippen molar-refractivity contribution in [3.63, 3.8) is 0 Å². The summed E-state index contributed by atoms with van der Waals surface area (Å²) in [6.07, 6.45) is 2.39. The minimum absolute atomic E-state index is 0.199. The van der Waals surface area contributed by atoms with E-state index in [0.29, 0.717) is 41.8 Å². The molecule has 0 aliphatic heterocycles. The first-order valence-corrected chi connectivity index (χ1v) is 10.5. The number of rotatable bonds is 10. The SMILES string of the molecule is COc1cc(CNC(=O)c2cccc(NC(=O)c3ccco3)c2)ccc1OCCC(C)C. The van der Waals surface area contributed by atoms with Gasteiger partial charge in [0.15, 0.2) is 17.3 Å². The molecular weight excluding hydrogens is 408 g/mol. The number of carbonyl (C=O) groups is 2. The number of furan rings is 1. The van der Waals surface area contributed by atoms with Crippen molar-refractivity contribution in [2.45, 2.75) is 26.8 Å². The molecule has 3 aromatic rings. The summed E-state index contributed by atoms with van der Waals surface area (Å²) in [7, 11) is 1.59. The van der Waals surface area contributed by atoms with Gasteiger partial charge >= 0.3 is 0 Å². The summed E-state index contributed by atoms with van der Waals surface area (Å²) in [5.41, 5.74) is 1.82. The molecule has 1 aromatic heterocycles. The molecule has 2 aromatic carbocycles. The van der Waals surface area contributed by atoms with Gasteiger partial charge in [-0.15, -0.1) is 0 Å². The van der Waals surface area contributed by atoms with Crippen LogP contribution < -0.4 is 20.1 Å². The van der Waals surface area contributed by atoms with Crippen LogP contribution in [0.15, 0.2) is 65.3 Å². The molecule has 2 amide bonds. The van der Waals surface area contributed by atoms with Gasteiger partial charge in [-0.05, 0) is 60.4 Å². The zero-order valence-electron chi connectivity index (χ0n) is 18.5. The molecule has 0 fully saturated rings. The molecule has 168 valence electrons. The van der Waals surface area contributed by atoms with Crippen LogP contribution in [0.4, 0.5) is 5.69 Å². The normalized spacial score (nSPS) is 10.6. The van der Waals surface area contributed by atoms with Gasteiger partial charge < -0.3 is 24.5 Å². The van der Waals surface area contributed by atoms with Crippen molar-refractivity contribution in [3.05, 3.63) is 77.7 Å². The first-order chi connectivity index (χ1) is 15.5. The molecule has 0 bridgehead atoms. The average molecular weight is 437 g/mol. The number of ether oxygens (including phenoxy) is 2. The monoisotopic (exact) mass is 436 g/mol. The molecule has 0 atom stereocenters. The Morgan fingerprint density at radius 1 is 1.00 bits per heavy atom. The lowest BCUT2D eigenvalue weighted by molar-refractivity contribution is 0.0949. The van der Waals surface area contributed by atoms with Crippen LogP contribution >= 0.6 is 0 Å². The highest BCUT2D eigenvalue weighted by atomic mass is 16.5. The van der Waals surface area contributed by atoms with Crippen molar-refractivity contribution in [1.29, 1.82) is 0 Å². The second-order valence-corrected chi connectivity index (χ2v) is 7.71. The Kier molecular flexibility index (Phi) is 7.91. The quantitative estimate of drug-likeness (QED) is 0.472. The lowest BCUT2D eigenvalue weighted by Gasteiger charge is -2.13.